The summed E-state index contributed by atoms with van der Waals surface area (Å²) >= 11 is 0. The average Bonchev–Trinajstić information content (AvgIpc) is 2.95. The van der Waals surface area contributed by atoms with E-state index < -0.39 is 5.82 Å². The minimum absolute atomic E-state index is 0.282. The molecule has 0 saturated carbocycles. The third-order valence-electron chi connectivity index (χ3n) is 6.43. The van der Waals surface area contributed by atoms with Crippen molar-refractivity contribution in [1.82, 2.24) is 9.97 Å². The number of halogens is 1. The van der Waals surface area contributed by atoms with Crippen LogP contribution in [0.25, 0.3) is 10.8 Å². The molecule has 0 spiro atoms. The van der Waals surface area contributed by atoms with Crippen molar-refractivity contribution in [3.63, 3.8) is 0 Å². The van der Waals surface area contributed by atoms with Crippen molar-refractivity contribution in [2.45, 2.75) is 19.3 Å². The molecule has 1 aliphatic heterocycles. The van der Waals surface area contributed by atoms with E-state index in [-0.39, 0.29) is 11.5 Å². The lowest BCUT2D eigenvalue weighted by Crippen LogP contribution is -2.29. The zero-order chi connectivity index (χ0) is 26.3. The van der Waals surface area contributed by atoms with Crippen LogP contribution in [-0.4, -0.2) is 49.2 Å². The summed E-state index contributed by atoms with van der Waals surface area (Å²) in [5, 5.41) is 7.63. The fraction of sp³-hybridized carbons (Fsp3) is 0.276. The second kappa shape index (κ2) is 11.9. The fourth-order valence-corrected chi connectivity index (χ4v) is 4.57. The van der Waals surface area contributed by atoms with Crippen LogP contribution in [-0.2, 0) is 4.74 Å². The number of nitrogens with one attached hydrogen (secondary N) is 2. The maximum absolute atomic E-state index is 14.5. The minimum atomic E-state index is -0.423. The predicted octanol–water partition coefficient (Wildman–Crippen LogP) is 5.86. The van der Waals surface area contributed by atoms with Crippen molar-refractivity contribution in [2.24, 2.45) is 0 Å². The van der Waals surface area contributed by atoms with Gasteiger partial charge in [0.1, 0.15) is 11.6 Å². The molecule has 4 aromatic rings. The van der Waals surface area contributed by atoms with Gasteiger partial charge in [-0.15, -0.1) is 0 Å². The molecule has 1 aliphatic rings. The largest absolute Gasteiger partial charge is 0.438 e. The molecule has 0 aliphatic carbocycles. The quantitative estimate of drug-likeness (QED) is 0.270. The van der Waals surface area contributed by atoms with E-state index in [4.69, 9.17) is 9.47 Å². The monoisotopic (exact) mass is 515 g/mol. The van der Waals surface area contributed by atoms with Gasteiger partial charge in [-0.05, 0) is 49.6 Å². The lowest BCUT2D eigenvalue weighted by Gasteiger charge is -2.29. The molecule has 196 valence electrons. The number of nitrogens with zero attached hydrogens (tertiary/aromatic N) is 3. The fourth-order valence-electron chi connectivity index (χ4n) is 4.57. The lowest BCUT2D eigenvalue weighted by molar-refractivity contribution is 0.102. The first-order valence-electron chi connectivity index (χ1n) is 12.7. The van der Waals surface area contributed by atoms with Crippen LogP contribution in [0.2, 0.25) is 0 Å². The molecule has 9 heteroatoms. The standard InChI is InChI=1S/C29H30FN5O3/c1-37-16-13-32-29-31-12-11-27(34-29)38-26-10-9-25(23-7-3-4-8-24(23)26)33-28(36)20-17-21(30)19-22(18-20)35-14-5-2-6-15-35/h3-4,7-12,17-19H,2,5-6,13-16H2,1H3,(H,33,36)(H,31,32,34). The van der Waals surface area contributed by atoms with Crippen molar-refractivity contribution < 1.29 is 18.7 Å². The maximum atomic E-state index is 14.5. The SMILES string of the molecule is COCCNc1nccc(Oc2ccc(NC(=O)c3cc(F)cc(N4CCCCC4)c3)c3ccccc23)n1. The number of methoxy groups -OCH3 is 1. The van der Waals surface area contributed by atoms with Crippen molar-refractivity contribution in [1.29, 1.82) is 0 Å². The second-order valence-corrected chi connectivity index (χ2v) is 9.10. The van der Waals surface area contributed by atoms with Crippen LogP contribution >= 0.6 is 0 Å². The van der Waals surface area contributed by atoms with E-state index in [2.05, 4.69) is 25.5 Å². The van der Waals surface area contributed by atoms with Gasteiger partial charge in [-0.2, -0.15) is 4.98 Å². The van der Waals surface area contributed by atoms with Crippen molar-refractivity contribution >= 4 is 34.0 Å². The number of fused-ring (bicyclic) bond motifs is 1. The number of benzene rings is 3. The second-order valence-electron chi connectivity index (χ2n) is 9.10. The Kier molecular flexibility index (Phi) is 7.94. The number of hydrogen-bond donors (Lipinski definition) is 2. The number of piperidine rings is 1. The average molecular weight is 516 g/mol. The summed E-state index contributed by atoms with van der Waals surface area (Å²) in [4.78, 5) is 23.9. The van der Waals surface area contributed by atoms with E-state index in [1.165, 1.54) is 18.6 Å². The van der Waals surface area contributed by atoms with Crippen LogP contribution in [0.3, 0.4) is 0 Å². The van der Waals surface area contributed by atoms with E-state index in [1.54, 1.807) is 37.6 Å². The molecule has 1 fully saturated rings. The first-order valence-corrected chi connectivity index (χ1v) is 12.7. The number of amides is 1. The summed E-state index contributed by atoms with van der Waals surface area (Å²) in [6.07, 6.45) is 4.93. The Hall–Kier alpha value is -4.24. The molecule has 1 saturated heterocycles. The molecule has 1 aromatic heterocycles. The highest BCUT2D eigenvalue weighted by atomic mass is 19.1. The zero-order valence-electron chi connectivity index (χ0n) is 21.2. The Balaban J connectivity index is 1.37. The van der Waals surface area contributed by atoms with Crippen LogP contribution in [0.5, 0.6) is 11.6 Å². The normalized spacial score (nSPS) is 13.4. The number of carbonyl (C=O) groups excluding carboxylic acids is 1. The van der Waals surface area contributed by atoms with Gasteiger partial charge in [-0.1, -0.05) is 24.3 Å². The molecule has 8 nitrogen and oxygen atoms in total. The van der Waals surface area contributed by atoms with Gasteiger partial charge in [0.15, 0.2) is 0 Å². The van der Waals surface area contributed by atoms with Gasteiger partial charge >= 0.3 is 0 Å². The highest BCUT2D eigenvalue weighted by Gasteiger charge is 2.17. The smallest absolute Gasteiger partial charge is 0.255 e. The zero-order valence-corrected chi connectivity index (χ0v) is 21.2. The highest BCUT2D eigenvalue weighted by molar-refractivity contribution is 6.10. The van der Waals surface area contributed by atoms with Crippen LogP contribution in [0.15, 0.2) is 66.9 Å². The summed E-state index contributed by atoms with van der Waals surface area (Å²) < 4.78 is 25.6. The molecule has 3 aromatic carbocycles. The first-order chi connectivity index (χ1) is 18.6. The summed E-state index contributed by atoms with van der Waals surface area (Å²) in [7, 11) is 1.63. The van der Waals surface area contributed by atoms with E-state index >= 15 is 0 Å². The van der Waals surface area contributed by atoms with Gasteiger partial charge in [0, 0.05) is 66.7 Å². The molecule has 0 bridgehead atoms. The Labute approximate surface area is 220 Å². The van der Waals surface area contributed by atoms with Gasteiger partial charge in [-0.3, -0.25) is 4.79 Å². The van der Waals surface area contributed by atoms with Crippen molar-refractivity contribution in [3.8, 4) is 11.6 Å². The number of carbonyl (C=O) groups is 1. The molecule has 0 radical (unpaired) electrons. The van der Waals surface area contributed by atoms with E-state index in [0.29, 0.717) is 36.4 Å². The van der Waals surface area contributed by atoms with Gasteiger partial charge < -0.3 is 25.0 Å². The van der Waals surface area contributed by atoms with Crippen molar-refractivity contribution in [3.05, 3.63) is 78.2 Å². The molecule has 0 unspecified atom stereocenters. The lowest BCUT2D eigenvalue weighted by atomic mass is 10.1. The number of aromatic nitrogens is 2. The molecule has 2 heterocycles. The highest BCUT2D eigenvalue weighted by Crippen LogP contribution is 2.34. The molecule has 38 heavy (non-hydrogen) atoms. The van der Waals surface area contributed by atoms with Crippen LogP contribution in [0.1, 0.15) is 29.6 Å². The van der Waals surface area contributed by atoms with Gasteiger partial charge in [-0.25, -0.2) is 9.37 Å². The van der Waals surface area contributed by atoms with Gasteiger partial charge in [0.25, 0.3) is 5.91 Å². The number of anilines is 3. The van der Waals surface area contributed by atoms with Gasteiger partial charge in [0.05, 0.1) is 6.61 Å². The summed E-state index contributed by atoms with van der Waals surface area (Å²) in [6.45, 7) is 2.84. The summed E-state index contributed by atoms with van der Waals surface area (Å²) in [5.74, 6) is 0.605. The van der Waals surface area contributed by atoms with E-state index in [1.807, 2.05) is 24.3 Å². The Morgan fingerprint density at radius 3 is 2.66 bits per heavy atom. The summed E-state index contributed by atoms with van der Waals surface area (Å²) in [6, 6.07) is 17.4. The molecule has 2 N–H and O–H groups in total. The molecule has 0 atom stereocenters. The predicted molar refractivity (Wildman–Crippen MR) is 147 cm³/mol. The Morgan fingerprint density at radius 1 is 1.03 bits per heavy atom. The van der Waals surface area contributed by atoms with E-state index in [0.717, 1.165) is 42.4 Å². The number of hydrogen-bond acceptors (Lipinski definition) is 7. The topological polar surface area (TPSA) is 88.6 Å². The van der Waals surface area contributed by atoms with Crippen molar-refractivity contribution in [2.75, 3.05) is 48.9 Å². The first kappa shape index (κ1) is 25.4. The van der Waals surface area contributed by atoms with Crippen LogP contribution in [0, 0.1) is 5.82 Å². The molecule has 5 rings (SSSR count). The number of rotatable bonds is 9. The minimum Gasteiger partial charge on any atom is -0.438 e. The van der Waals surface area contributed by atoms with Crippen LogP contribution in [0.4, 0.5) is 21.7 Å². The maximum Gasteiger partial charge on any atom is 0.255 e. The molecule has 1 amide bonds. The molecular weight excluding hydrogens is 485 g/mol. The molecular formula is C29H30FN5O3. The number of ether oxygens (including phenoxy) is 2. The third-order valence-corrected chi connectivity index (χ3v) is 6.43. The Morgan fingerprint density at radius 2 is 1.84 bits per heavy atom. The van der Waals surface area contributed by atoms with Crippen LogP contribution < -0.4 is 20.3 Å². The Bertz CT molecular complexity index is 1420. The van der Waals surface area contributed by atoms with Gasteiger partial charge in [0.2, 0.25) is 11.8 Å². The van der Waals surface area contributed by atoms with E-state index in [9.17, 15) is 9.18 Å². The third kappa shape index (κ3) is 6.00. The summed E-state index contributed by atoms with van der Waals surface area (Å²) in [5.41, 5.74) is 1.63.